The summed E-state index contributed by atoms with van der Waals surface area (Å²) >= 11 is 0. The van der Waals surface area contributed by atoms with Gasteiger partial charge in [-0.2, -0.15) is 5.10 Å². The molecular formula is C16H23N3O. The van der Waals surface area contributed by atoms with Gasteiger partial charge in [-0.05, 0) is 40.2 Å². The number of nitrogens with one attached hydrogen (secondary N) is 1. The SMILES string of the molecule is Cc1cccc(CNc2c(C)nn(C(C)C)c2C)c1O. The molecule has 0 aliphatic rings. The van der Waals surface area contributed by atoms with Gasteiger partial charge in [-0.3, -0.25) is 4.68 Å². The van der Waals surface area contributed by atoms with Crippen molar-refractivity contribution in [2.75, 3.05) is 5.32 Å². The van der Waals surface area contributed by atoms with Crippen molar-refractivity contribution < 1.29 is 5.11 Å². The molecule has 2 aromatic rings. The molecule has 4 nitrogen and oxygen atoms in total. The Balaban J connectivity index is 2.21. The van der Waals surface area contributed by atoms with Crippen molar-refractivity contribution in [1.29, 1.82) is 0 Å². The standard InChI is InChI=1S/C16H23N3O/c1-10(2)19-13(5)15(12(4)18-19)17-9-14-8-6-7-11(3)16(14)20/h6-8,10,17,20H,9H2,1-5H3. The Hall–Kier alpha value is -1.97. The molecule has 4 heteroatoms. The molecule has 2 N–H and O–H groups in total. The lowest BCUT2D eigenvalue weighted by Crippen LogP contribution is -2.06. The first kappa shape index (κ1) is 14.4. The van der Waals surface area contributed by atoms with E-state index in [1.807, 2.05) is 36.7 Å². The van der Waals surface area contributed by atoms with Crippen LogP contribution >= 0.6 is 0 Å². The summed E-state index contributed by atoms with van der Waals surface area (Å²) in [6.07, 6.45) is 0. The van der Waals surface area contributed by atoms with E-state index in [1.165, 1.54) is 0 Å². The smallest absolute Gasteiger partial charge is 0.123 e. The van der Waals surface area contributed by atoms with Crippen molar-refractivity contribution >= 4 is 5.69 Å². The molecule has 0 aliphatic carbocycles. The maximum Gasteiger partial charge on any atom is 0.123 e. The van der Waals surface area contributed by atoms with Gasteiger partial charge in [-0.25, -0.2) is 0 Å². The maximum atomic E-state index is 10.0. The highest BCUT2D eigenvalue weighted by atomic mass is 16.3. The first-order chi connectivity index (χ1) is 9.41. The third-order valence-corrected chi connectivity index (χ3v) is 3.59. The van der Waals surface area contributed by atoms with E-state index in [0.717, 1.165) is 28.2 Å². The third-order valence-electron chi connectivity index (χ3n) is 3.59. The van der Waals surface area contributed by atoms with Crippen LogP contribution in [0.4, 0.5) is 5.69 Å². The van der Waals surface area contributed by atoms with Gasteiger partial charge in [0.05, 0.1) is 17.1 Å². The van der Waals surface area contributed by atoms with Crippen molar-refractivity contribution in [3.8, 4) is 5.75 Å². The number of hydrogen-bond donors (Lipinski definition) is 2. The van der Waals surface area contributed by atoms with Crippen LogP contribution in [-0.4, -0.2) is 14.9 Å². The Morgan fingerprint density at radius 1 is 1.25 bits per heavy atom. The largest absolute Gasteiger partial charge is 0.507 e. The van der Waals surface area contributed by atoms with Gasteiger partial charge in [0, 0.05) is 18.2 Å². The van der Waals surface area contributed by atoms with Crippen LogP contribution in [0.15, 0.2) is 18.2 Å². The number of hydrogen-bond acceptors (Lipinski definition) is 3. The van der Waals surface area contributed by atoms with Crippen LogP contribution in [0, 0.1) is 20.8 Å². The number of aromatic nitrogens is 2. The summed E-state index contributed by atoms with van der Waals surface area (Å²) in [6, 6.07) is 6.15. The predicted octanol–water partition coefficient (Wildman–Crippen LogP) is 3.71. The molecule has 2 rings (SSSR count). The number of anilines is 1. The van der Waals surface area contributed by atoms with E-state index in [2.05, 4.69) is 31.2 Å². The minimum atomic E-state index is 0.344. The van der Waals surface area contributed by atoms with E-state index >= 15 is 0 Å². The highest BCUT2D eigenvalue weighted by Gasteiger charge is 2.13. The molecule has 0 saturated carbocycles. The Bertz CT molecular complexity index is 614. The number of rotatable bonds is 4. The average molecular weight is 273 g/mol. The second-order valence-electron chi connectivity index (χ2n) is 5.52. The van der Waals surface area contributed by atoms with Gasteiger partial charge in [0.2, 0.25) is 0 Å². The average Bonchev–Trinajstić information content (AvgIpc) is 2.67. The van der Waals surface area contributed by atoms with Crippen molar-refractivity contribution in [2.24, 2.45) is 0 Å². The molecule has 1 aromatic heterocycles. The fourth-order valence-electron chi connectivity index (χ4n) is 2.47. The lowest BCUT2D eigenvalue weighted by molar-refractivity contribution is 0.465. The molecule has 0 spiro atoms. The maximum absolute atomic E-state index is 10.0. The van der Waals surface area contributed by atoms with E-state index in [4.69, 9.17) is 0 Å². The van der Waals surface area contributed by atoms with Gasteiger partial charge in [0.1, 0.15) is 5.75 Å². The fourth-order valence-corrected chi connectivity index (χ4v) is 2.47. The quantitative estimate of drug-likeness (QED) is 0.893. The van der Waals surface area contributed by atoms with Crippen LogP contribution in [0.25, 0.3) is 0 Å². The third kappa shape index (κ3) is 2.64. The monoisotopic (exact) mass is 273 g/mol. The fraction of sp³-hybridized carbons (Fsp3) is 0.438. The first-order valence-electron chi connectivity index (χ1n) is 6.98. The van der Waals surface area contributed by atoms with E-state index in [1.54, 1.807) is 0 Å². The molecule has 1 aromatic carbocycles. The zero-order valence-corrected chi connectivity index (χ0v) is 12.9. The predicted molar refractivity (Wildman–Crippen MR) is 82.3 cm³/mol. The summed E-state index contributed by atoms with van der Waals surface area (Å²) in [7, 11) is 0. The molecule has 0 unspecified atom stereocenters. The molecule has 0 fully saturated rings. The lowest BCUT2D eigenvalue weighted by Gasteiger charge is -2.11. The number of benzene rings is 1. The van der Waals surface area contributed by atoms with Crippen molar-refractivity contribution in [1.82, 2.24) is 9.78 Å². The highest BCUT2D eigenvalue weighted by Crippen LogP contribution is 2.26. The number of phenols is 1. The molecule has 0 bridgehead atoms. The van der Waals surface area contributed by atoms with E-state index in [-0.39, 0.29) is 0 Å². The molecule has 0 saturated heterocycles. The lowest BCUT2D eigenvalue weighted by atomic mass is 10.1. The summed E-state index contributed by atoms with van der Waals surface area (Å²) in [4.78, 5) is 0. The van der Waals surface area contributed by atoms with Crippen molar-refractivity contribution in [2.45, 2.75) is 47.2 Å². The summed E-state index contributed by atoms with van der Waals surface area (Å²) in [5.41, 5.74) is 4.98. The zero-order chi connectivity index (χ0) is 14.9. The number of phenolic OH excluding ortho intramolecular Hbond substituents is 1. The minimum Gasteiger partial charge on any atom is -0.507 e. The van der Waals surface area contributed by atoms with Gasteiger partial charge in [0.15, 0.2) is 0 Å². The molecule has 0 aliphatic heterocycles. The molecule has 0 amide bonds. The number of nitrogens with zero attached hydrogens (tertiary/aromatic N) is 2. The highest BCUT2D eigenvalue weighted by molar-refractivity contribution is 5.53. The first-order valence-corrected chi connectivity index (χ1v) is 6.98. The summed E-state index contributed by atoms with van der Waals surface area (Å²) in [5.74, 6) is 0.367. The second-order valence-corrected chi connectivity index (χ2v) is 5.52. The van der Waals surface area contributed by atoms with E-state index < -0.39 is 0 Å². The molecule has 20 heavy (non-hydrogen) atoms. The van der Waals surface area contributed by atoms with Gasteiger partial charge in [-0.15, -0.1) is 0 Å². The van der Waals surface area contributed by atoms with Crippen LogP contribution in [0.1, 0.15) is 42.4 Å². The Kier molecular flexibility index (Phi) is 4.02. The second kappa shape index (κ2) is 5.57. The zero-order valence-electron chi connectivity index (χ0n) is 12.9. The molecule has 0 radical (unpaired) electrons. The molecule has 0 atom stereocenters. The molecular weight excluding hydrogens is 250 g/mol. The van der Waals surface area contributed by atoms with Crippen molar-refractivity contribution in [3.05, 3.63) is 40.7 Å². The normalized spacial score (nSPS) is 11.1. The Morgan fingerprint density at radius 2 is 1.95 bits per heavy atom. The Labute approximate surface area is 120 Å². The van der Waals surface area contributed by atoms with E-state index in [0.29, 0.717) is 18.3 Å². The molecule has 108 valence electrons. The van der Waals surface area contributed by atoms with Crippen LogP contribution in [0.3, 0.4) is 0 Å². The van der Waals surface area contributed by atoms with E-state index in [9.17, 15) is 5.11 Å². The molecule has 1 heterocycles. The van der Waals surface area contributed by atoms with Gasteiger partial charge >= 0.3 is 0 Å². The number of aryl methyl sites for hydroxylation is 2. The topological polar surface area (TPSA) is 50.1 Å². The van der Waals surface area contributed by atoms with Crippen LogP contribution < -0.4 is 5.32 Å². The Morgan fingerprint density at radius 3 is 2.55 bits per heavy atom. The van der Waals surface area contributed by atoms with Gasteiger partial charge < -0.3 is 10.4 Å². The van der Waals surface area contributed by atoms with Crippen LogP contribution in [0.2, 0.25) is 0 Å². The van der Waals surface area contributed by atoms with Crippen molar-refractivity contribution in [3.63, 3.8) is 0 Å². The summed E-state index contributed by atoms with van der Waals surface area (Å²) in [6.45, 7) is 10.8. The van der Waals surface area contributed by atoms with Gasteiger partial charge in [-0.1, -0.05) is 18.2 Å². The summed E-state index contributed by atoms with van der Waals surface area (Å²) < 4.78 is 2.02. The van der Waals surface area contributed by atoms with Gasteiger partial charge in [0.25, 0.3) is 0 Å². The summed E-state index contributed by atoms with van der Waals surface area (Å²) in [5, 5.41) is 18.0. The number of aromatic hydroxyl groups is 1. The van der Waals surface area contributed by atoms with Crippen LogP contribution in [0.5, 0.6) is 5.75 Å². The minimum absolute atomic E-state index is 0.344. The van der Waals surface area contributed by atoms with Crippen LogP contribution in [-0.2, 0) is 6.54 Å². The number of para-hydroxylation sites is 1.